The van der Waals surface area contributed by atoms with Gasteiger partial charge >= 0.3 is 0 Å². The number of hydrogen-bond acceptors (Lipinski definition) is 3. The van der Waals surface area contributed by atoms with Gasteiger partial charge in [-0.2, -0.15) is 0 Å². The summed E-state index contributed by atoms with van der Waals surface area (Å²) in [7, 11) is 0. The summed E-state index contributed by atoms with van der Waals surface area (Å²) in [5.74, 6) is 0. The summed E-state index contributed by atoms with van der Waals surface area (Å²) in [5, 5.41) is 0. The molecule has 0 saturated carbocycles. The lowest BCUT2D eigenvalue weighted by Crippen LogP contribution is -2.61. The molecule has 1 aromatic rings. The molecule has 19 heavy (non-hydrogen) atoms. The summed E-state index contributed by atoms with van der Waals surface area (Å²) in [6, 6.07) is 10.6. The van der Waals surface area contributed by atoms with Gasteiger partial charge in [0.2, 0.25) is 0 Å². The summed E-state index contributed by atoms with van der Waals surface area (Å²) in [5.41, 5.74) is 7.10. The predicted octanol–water partition coefficient (Wildman–Crippen LogP) is 2.40. The molecule has 1 aliphatic heterocycles. The van der Waals surface area contributed by atoms with Gasteiger partial charge in [-0.3, -0.25) is 4.90 Å². The van der Waals surface area contributed by atoms with Gasteiger partial charge in [0.15, 0.2) is 0 Å². The van der Waals surface area contributed by atoms with E-state index in [0.717, 1.165) is 26.1 Å². The van der Waals surface area contributed by atoms with Crippen molar-refractivity contribution in [1.29, 1.82) is 0 Å². The van der Waals surface area contributed by atoms with Crippen LogP contribution < -0.4 is 5.73 Å². The van der Waals surface area contributed by atoms with E-state index in [2.05, 4.69) is 56.0 Å². The quantitative estimate of drug-likeness (QED) is 0.905. The number of nitrogens with two attached hydrogens (primary N) is 1. The number of morpholine rings is 1. The molecule has 1 atom stereocenters. The van der Waals surface area contributed by atoms with Crippen molar-refractivity contribution in [3.05, 3.63) is 35.9 Å². The zero-order chi connectivity index (χ0) is 13.9. The van der Waals surface area contributed by atoms with Gasteiger partial charge in [0.25, 0.3) is 0 Å². The average Bonchev–Trinajstić information content (AvgIpc) is 2.36. The molecule has 2 N–H and O–H groups in total. The molecule has 0 aromatic heterocycles. The Labute approximate surface area is 116 Å². The van der Waals surface area contributed by atoms with Crippen LogP contribution in [0.5, 0.6) is 0 Å². The van der Waals surface area contributed by atoms with Crippen LogP contribution in [0.1, 0.15) is 32.8 Å². The van der Waals surface area contributed by atoms with Crippen LogP contribution in [0.15, 0.2) is 30.3 Å². The fraction of sp³-hybridized carbons (Fsp3) is 0.625. The lowest BCUT2D eigenvalue weighted by atomic mass is 9.90. The maximum atomic E-state index is 6.00. The number of hydrogen-bond donors (Lipinski definition) is 1. The van der Waals surface area contributed by atoms with E-state index in [9.17, 15) is 0 Å². The molecular weight excluding hydrogens is 236 g/mol. The van der Waals surface area contributed by atoms with Crippen molar-refractivity contribution < 1.29 is 4.74 Å². The zero-order valence-corrected chi connectivity index (χ0v) is 12.4. The number of ether oxygens (including phenoxy) is 1. The summed E-state index contributed by atoms with van der Waals surface area (Å²) in [6.07, 6.45) is 0.968. The second kappa shape index (κ2) is 5.61. The first kappa shape index (κ1) is 14.5. The van der Waals surface area contributed by atoms with Crippen LogP contribution in [-0.4, -0.2) is 35.7 Å². The molecule has 3 heteroatoms. The highest BCUT2D eigenvalue weighted by atomic mass is 16.5. The largest absolute Gasteiger partial charge is 0.372 e. The van der Waals surface area contributed by atoms with Gasteiger partial charge in [0, 0.05) is 18.6 Å². The maximum absolute atomic E-state index is 6.00. The first-order valence-electron chi connectivity index (χ1n) is 7.08. The SMILES string of the molecule is CC1(C)CN(Cc2ccccc2)C(C)(CCN)CO1. The van der Waals surface area contributed by atoms with Gasteiger partial charge in [-0.25, -0.2) is 0 Å². The first-order chi connectivity index (χ1) is 8.95. The van der Waals surface area contributed by atoms with Gasteiger partial charge in [0.1, 0.15) is 0 Å². The van der Waals surface area contributed by atoms with Gasteiger partial charge < -0.3 is 10.5 Å². The van der Waals surface area contributed by atoms with E-state index in [1.165, 1.54) is 5.56 Å². The number of nitrogens with zero attached hydrogens (tertiary/aromatic N) is 1. The van der Waals surface area contributed by atoms with Crippen molar-refractivity contribution in [1.82, 2.24) is 4.90 Å². The Morgan fingerprint density at radius 3 is 2.53 bits per heavy atom. The summed E-state index contributed by atoms with van der Waals surface area (Å²) < 4.78 is 6.00. The third kappa shape index (κ3) is 3.56. The smallest absolute Gasteiger partial charge is 0.0754 e. The highest BCUT2D eigenvalue weighted by Crippen LogP contribution is 2.31. The third-order valence-electron chi connectivity index (χ3n) is 4.01. The molecule has 1 heterocycles. The van der Waals surface area contributed by atoms with Crippen LogP contribution in [-0.2, 0) is 11.3 Å². The molecule has 2 rings (SSSR count). The molecule has 0 radical (unpaired) electrons. The summed E-state index contributed by atoms with van der Waals surface area (Å²) >= 11 is 0. The van der Waals surface area contributed by atoms with Gasteiger partial charge in [0.05, 0.1) is 12.2 Å². The minimum absolute atomic E-state index is 0.0418. The van der Waals surface area contributed by atoms with Crippen molar-refractivity contribution in [2.75, 3.05) is 19.7 Å². The molecule has 1 aliphatic rings. The molecule has 1 saturated heterocycles. The van der Waals surface area contributed by atoms with Crippen LogP contribution in [0.25, 0.3) is 0 Å². The average molecular weight is 262 g/mol. The van der Waals surface area contributed by atoms with E-state index in [-0.39, 0.29) is 11.1 Å². The van der Waals surface area contributed by atoms with Gasteiger partial charge in [-0.15, -0.1) is 0 Å². The van der Waals surface area contributed by atoms with Crippen molar-refractivity contribution in [2.24, 2.45) is 5.73 Å². The highest BCUT2D eigenvalue weighted by molar-refractivity contribution is 5.15. The second-order valence-electron chi connectivity index (χ2n) is 6.43. The van der Waals surface area contributed by atoms with Crippen LogP contribution in [0.4, 0.5) is 0 Å². The highest BCUT2D eigenvalue weighted by Gasteiger charge is 2.41. The molecule has 1 unspecified atom stereocenters. The molecular formula is C16H26N2O. The molecule has 0 bridgehead atoms. The van der Waals surface area contributed by atoms with Crippen LogP contribution >= 0.6 is 0 Å². The van der Waals surface area contributed by atoms with E-state index >= 15 is 0 Å². The van der Waals surface area contributed by atoms with E-state index in [4.69, 9.17) is 10.5 Å². The fourth-order valence-corrected chi connectivity index (χ4v) is 2.73. The Morgan fingerprint density at radius 2 is 1.89 bits per heavy atom. The predicted molar refractivity (Wildman–Crippen MR) is 79.0 cm³/mol. The normalized spacial score (nSPS) is 27.4. The topological polar surface area (TPSA) is 38.5 Å². The fourth-order valence-electron chi connectivity index (χ4n) is 2.73. The zero-order valence-electron chi connectivity index (χ0n) is 12.4. The van der Waals surface area contributed by atoms with E-state index in [1.807, 2.05) is 0 Å². The second-order valence-corrected chi connectivity index (χ2v) is 6.43. The standard InChI is InChI=1S/C16H26N2O/c1-15(2)12-18(11-14-7-5-4-6-8-14)16(3,9-10-17)13-19-15/h4-8H,9-13,17H2,1-3H3. The van der Waals surface area contributed by atoms with Crippen LogP contribution in [0, 0.1) is 0 Å². The molecule has 1 fully saturated rings. The van der Waals surface area contributed by atoms with Crippen LogP contribution in [0.3, 0.4) is 0 Å². The van der Waals surface area contributed by atoms with Gasteiger partial charge in [-0.05, 0) is 39.3 Å². The van der Waals surface area contributed by atoms with E-state index in [1.54, 1.807) is 0 Å². The van der Waals surface area contributed by atoms with E-state index in [0.29, 0.717) is 6.54 Å². The molecule has 0 amide bonds. The Balaban J connectivity index is 2.16. The van der Waals surface area contributed by atoms with Crippen molar-refractivity contribution in [3.63, 3.8) is 0 Å². The monoisotopic (exact) mass is 262 g/mol. The van der Waals surface area contributed by atoms with Crippen molar-refractivity contribution >= 4 is 0 Å². The Hall–Kier alpha value is -0.900. The number of rotatable bonds is 4. The van der Waals surface area contributed by atoms with Crippen molar-refractivity contribution in [2.45, 2.75) is 44.9 Å². The van der Waals surface area contributed by atoms with Crippen LogP contribution in [0.2, 0.25) is 0 Å². The Kier molecular flexibility index (Phi) is 4.29. The summed E-state index contributed by atoms with van der Waals surface area (Å²) in [6.45, 7) is 9.94. The summed E-state index contributed by atoms with van der Waals surface area (Å²) in [4.78, 5) is 2.53. The minimum Gasteiger partial charge on any atom is -0.372 e. The lowest BCUT2D eigenvalue weighted by Gasteiger charge is -2.50. The molecule has 1 aromatic carbocycles. The Morgan fingerprint density at radius 1 is 1.21 bits per heavy atom. The third-order valence-corrected chi connectivity index (χ3v) is 4.01. The molecule has 0 spiro atoms. The number of benzene rings is 1. The first-order valence-corrected chi connectivity index (χ1v) is 7.08. The lowest BCUT2D eigenvalue weighted by molar-refractivity contribution is -0.153. The van der Waals surface area contributed by atoms with Crippen molar-refractivity contribution in [3.8, 4) is 0 Å². The molecule has 0 aliphatic carbocycles. The molecule has 3 nitrogen and oxygen atoms in total. The van der Waals surface area contributed by atoms with E-state index < -0.39 is 0 Å². The molecule has 106 valence electrons. The minimum atomic E-state index is -0.0805. The maximum Gasteiger partial charge on any atom is 0.0754 e. The van der Waals surface area contributed by atoms with Gasteiger partial charge in [-0.1, -0.05) is 30.3 Å². The Bertz CT molecular complexity index is 404.